The number of nitrogens with one attached hydrogen (secondary N) is 2. The van der Waals surface area contributed by atoms with Crippen LogP contribution in [0.2, 0.25) is 0 Å². The van der Waals surface area contributed by atoms with Crippen molar-refractivity contribution < 1.29 is 14.3 Å². The van der Waals surface area contributed by atoms with Crippen molar-refractivity contribution in [2.45, 2.75) is 31.3 Å². The third kappa shape index (κ3) is 3.30. The van der Waals surface area contributed by atoms with E-state index in [9.17, 15) is 9.59 Å². The van der Waals surface area contributed by atoms with Crippen LogP contribution in [0, 0.1) is 0 Å². The van der Waals surface area contributed by atoms with Gasteiger partial charge in [-0.2, -0.15) is 0 Å². The summed E-state index contributed by atoms with van der Waals surface area (Å²) in [6.07, 6.45) is 3.18. The van der Waals surface area contributed by atoms with Crippen LogP contribution in [0.4, 0.5) is 5.69 Å². The van der Waals surface area contributed by atoms with Gasteiger partial charge < -0.3 is 20.3 Å². The molecule has 6 nitrogen and oxygen atoms in total. The molecule has 0 unspecified atom stereocenters. The van der Waals surface area contributed by atoms with Crippen LogP contribution in [0.5, 0.6) is 0 Å². The normalized spacial score (nSPS) is 19.5. The van der Waals surface area contributed by atoms with Gasteiger partial charge in [0.1, 0.15) is 5.60 Å². The van der Waals surface area contributed by atoms with Gasteiger partial charge in [-0.25, -0.2) is 0 Å². The highest BCUT2D eigenvalue weighted by molar-refractivity contribution is 5.98. The molecular formula is C18H25N3O3. The Hall–Kier alpha value is -1.92. The number of amides is 2. The Morgan fingerprint density at radius 3 is 2.79 bits per heavy atom. The number of rotatable bonds is 4. The second-order valence-electron chi connectivity index (χ2n) is 6.41. The van der Waals surface area contributed by atoms with E-state index in [0.717, 1.165) is 31.6 Å². The minimum Gasteiger partial charge on any atom is -0.368 e. The number of methoxy groups -OCH3 is 1. The average Bonchev–Trinajstić information content (AvgIpc) is 2.65. The fourth-order valence-electron chi connectivity index (χ4n) is 3.56. The van der Waals surface area contributed by atoms with Crippen LogP contribution in [-0.2, 0) is 20.7 Å². The number of carbonyl (C=O) groups is 2. The molecule has 0 aliphatic carbocycles. The van der Waals surface area contributed by atoms with Gasteiger partial charge in [-0.1, -0.05) is 18.2 Å². The van der Waals surface area contributed by atoms with Gasteiger partial charge in [0.05, 0.1) is 6.54 Å². The molecule has 1 saturated heterocycles. The molecule has 6 heteroatoms. The van der Waals surface area contributed by atoms with E-state index in [4.69, 9.17) is 4.74 Å². The molecule has 0 saturated carbocycles. The Morgan fingerprint density at radius 1 is 1.29 bits per heavy atom. The highest BCUT2D eigenvalue weighted by atomic mass is 16.5. The lowest BCUT2D eigenvalue weighted by Gasteiger charge is -2.35. The number of ether oxygens (including phenoxy) is 1. The molecule has 0 spiro atoms. The van der Waals surface area contributed by atoms with Crippen LogP contribution in [0.25, 0.3) is 0 Å². The summed E-state index contributed by atoms with van der Waals surface area (Å²) < 4.78 is 5.50. The lowest BCUT2D eigenvalue weighted by molar-refractivity contribution is -0.147. The molecule has 0 atom stereocenters. The van der Waals surface area contributed by atoms with Crippen molar-refractivity contribution in [3.8, 4) is 0 Å². The highest BCUT2D eigenvalue weighted by Crippen LogP contribution is 2.27. The van der Waals surface area contributed by atoms with Crippen molar-refractivity contribution in [2.75, 3.05) is 38.2 Å². The molecule has 1 aromatic rings. The number of hydrogen-bond acceptors (Lipinski definition) is 4. The molecule has 3 rings (SSSR count). The zero-order valence-corrected chi connectivity index (χ0v) is 14.1. The summed E-state index contributed by atoms with van der Waals surface area (Å²) in [5.41, 5.74) is 1.34. The summed E-state index contributed by atoms with van der Waals surface area (Å²) in [7, 11) is 1.56. The monoisotopic (exact) mass is 331 g/mol. The number of piperidine rings is 1. The van der Waals surface area contributed by atoms with E-state index in [-0.39, 0.29) is 18.4 Å². The van der Waals surface area contributed by atoms with Crippen molar-refractivity contribution >= 4 is 17.5 Å². The third-order valence-electron chi connectivity index (χ3n) is 5.03. The molecule has 2 amide bonds. The van der Waals surface area contributed by atoms with Gasteiger partial charge in [0.25, 0.3) is 5.91 Å². The van der Waals surface area contributed by atoms with Crippen LogP contribution in [-0.4, -0.2) is 50.7 Å². The van der Waals surface area contributed by atoms with Crippen LogP contribution < -0.4 is 15.5 Å². The second-order valence-corrected chi connectivity index (χ2v) is 6.41. The Labute approximate surface area is 142 Å². The van der Waals surface area contributed by atoms with E-state index in [2.05, 4.69) is 16.7 Å². The molecule has 1 fully saturated rings. The van der Waals surface area contributed by atoms with Gasteiger partial charge in [0.15, 0.2) is 0 Å². The van der Waals surface area contributed by atoms with Crippen LogP contribution in [0.15, 0.2) is 24.3 Å². The first kappa shape index (κ1) is 16.9. The zero-order valence-electron chi connectivity index (χ0n) is 14.1. The van der Waals surface area contributed by atoms with E-state index in [1.54, 1.807) is 12.0 Å². The predicted octanol–water partition coefficient (Wildman–Crippen LogP) is 0.851. The fraction of sp³-hybridized carbons (Fsp3) is 0.556. The van der Waals surface area contributed by atoms with Gasteiger partial charge in [-0.3, -0.25) is 9.59 Å². The van der Waals surface area contributed by atoms with E-state index < -0.39 is 5.60 Å². The first-order chi connectivity index (χ1) is 11.7. The number of anilines is 1. The van der Waals surface area contributed by atoms with Gasteiger partial charge in [-0.15, -0.1) is 0 Å². The average molecular weight is 331 g/mol. The Bertz CT molecular complexity index is 611. The Balaban J connectivity index is 1.63. The summed E-state index contributed by atoms with van der Waals surface area (Å²) in [6, 6.07) is 7.96. The molecule has 130 valence electrons. The first-order valence-electron chi connectivity index (χ1n) is 8.59. The molecule has 24 heavy (non-hydrogen) atoms. The van der Waals surface area contributed by atoms with Crippen LogP contribution in [0.1, 0.15) is 24.8 Å². The number of hydrogen-bond donors (Lipinski definition) is 2. The lowest BCUT2D eigenvalue weighted by atomic mass is 9.91. The molecule has 2 aliphatic rings. The van der Waals surface area contributed by atoms with Crippen molar-refractivity contribution in [3.05, 3.63) is 29.8 Å². The van der Waals surface area contributed by atoms with E-state index >= 15 is 0 Å². The molecular weight excluding hydrogens is 306 g/mol. The number of benzene rings is 1. The second kappa shape index (κ2) is 7.32. The fourth-order valence-corrected chi connectivity index (χ4v) is 3.56. The quantitative estimate of drug-likeness (QED) is 0.858. The largest absolute Gasteiger partial charge is 0.368 e. The van der Waals surface area contributed by atoms with Gasteiger partial charge in [0, 0.05) is 19.3 Å². The first-order valence-corrected chi connectivity index (χ1v) is 8.59. The topological polar surface area (TPSA) is 70.7 Å². The maximum absolute atomic E-state index is 12.6. The van der Waals surface area contributed by atoms with Gasteiger partial charge >= 0.3 is 0 Å². The number of aryl methyl sites for hydroxylation is 1. The molecule has 2 heterocycles. The molecule has 0 bridgehead atoms. The minimum atomic E-state index is -0.814. The smallest absolute Gasteiger partial charge is 0.252 e. The standard InChI is InChI=1S/C18H25N3O3/c1-24-18(8-10-19-11-9-18)17(23)20-13-16(22)21-12-4-6-14-5-2-3-7-15(14)21/h2-3,5,7,19H,4,6,8-13H2,1H3,(H,20,23). The van der Waals surface area contributed by atoms with Gasteiger partial charge in [-0.05, 0) is 50.4 Å². The third-order valence-corrected chi connectivity index (χ3v) is 5.03. The molecule has 0 aromatic heterocycles. The van der Waals surface area contributed by atoms with Crippen molar-refractivity contribution in [1.82, 2.24) is 10.6 Å². The summed E-state index contributed by atoms with van der Waals surface area (Å²) in [6.45, 7) is 2.19. The van der Waals surface area contributed by atoms with Crippen molar-refractivity contribution in [1.29, 1.82) is 0 Å². The summed E-state index contributed by atoms with van der Waals surface area (Å²) >= 11 is 0. The maximum Gasteiger partial charge on any atom is 0.252 e. The summed E-state index contributed by atoms with van der Waals surface area (Å²) in [5.74, 6) is -0.263. The van der Waals surface area contributed by atoms with Gasteiger partial charge in [0.2, 0.25) is 5.91 Å². The van der Waals surface area contributed by atoms with Crippen molar-refractivity contribution in [2.24, 2.45) is 0 Å². The van der Waals surface area contributed by atoms with Crippen LogP contribution >= 0.6 is 0 Å². The molecule has 2 N–H and O–H groups in total. The predicted molar refractivity (Wildman–Crippen MR) is 92.0 cm³/mol. The minimum absolute atomic E-state index is 0.00566. The van der Waals surface area contributed by atoms with E-state index in [1.807, 2.05) is 18.2 Å². The zero-order chi connectivity index (χ0) is 17.0. The lowest BCUT2D eigenvalue weighted by Crippen LogP contribution is -2.55. The number of fused-ring (bicyclic) bond motifs is 1. The number of carbonyl (C=O) groups excluding carboxylic acids is 2. The summed E-state index contributed by atoms with van der Waals surface area (Å²) in [4.78, 5) is 26.9. The van der Waals surface area contributed by atoms with E-state index in [0.29, 0.717) is 19.4 Å². The van der Waals surface area contributed by atoms with E-state index in [1.165, 1.54) is 5.56 Å². The Kier molecular flexibility index (Phi) is 5.16. The molecule has 0 radical (unpaired) electrons. The number of para-hydroxylation sites is 1. The number of nitrogens with zero attached hydrogens (tertiary/aromatic N) is 1. The molecule has 1 aromatic carbocycles. The Morgan fingerprint density at radius 2 is 2.04 bits per heavy atom. The van der Waals surface area contributed by atoms with Crippen molar-refractivity contribution in [3.63, 3.8) is 0 Å². The molecule has 2 aliphatic heterocycles. The highest BCUT2D eigenvalue weighted by Gasteiger charge is 2.39. The summed E-state index contributed by atoms with van der Waals surface area (Å²) in [5, 5.41) is 6.01. The SMILES string of the molecule is COC1(C(=O)NCC(=O)N2CCCc3ccccc32)CCNCC1. The maximum atomic E-state index is 12.6. The van der Waals surface area contributed by atoms with Crippen LogP contribution in [0.3, 0.4) is 0 Å².